The summed E-state index contributed by atoms with van der Waals surface area (Å²) < 4.78 is 94.2. The van der Waals surface area contributed by atoms with Crippen LogP contribution < -0.4 is 5.73 Å². The van der Waals surface area contributed by atoms with Gasteiger partial charge in [-0.15, -0.1) is 0 Å². The smallest absolute Gasteiger partial charge is 0.416 e. The predicted molar refractivity (Wildman–Crippen MR) is 64.9 cm³/mol. The van der Waals surface area contributed by atoms with Crippen LogP contribution in [-0.4, -0.2) is 18.7 Å². The monoisotopic (exact) mass is 347 g/mol. The fraction of sp³-hybridized carbons (Fsp3) is 0.462. The van der Waals surface area contributed by atoms with E-state index >= 15 is 0 Å². The number of esters is 1. The number of hydrogen-bond donors (Lipinski definition) is 1. The normalized spacial score (nSPS) is 15.2. The minimum Gasteiger partial charge on any atom is -0.464 e. The minimum atomic E-state index is -5.09. The molecule has 1 aromatic rings. The van der Waals surface area contributed by atoms with Crippen molar-refractivity contribution in [3.05, 3.63) is 34.9 Å². The highest BCUT2D eigenvalue weighted by Crippen LogP contribution is 2.37. The maximum absolute atomic E-state index is 13.8. The first-order valence-electron chi connectivity index (χ1n) is 6.23. The Hall–Kier alpha value is -1.84. The Bertz CT molecular complexity index is 536. The summed E-state index contributed by atoms with van der Waals surface area (Å²) in [6, 6.07) is -1.61. The van der Waals surface area contributed by atoms with Crippen molar-refractivity contribution in [2.45, 2.75) is 31.5 Å². The molecule has 0 heterocycles. The first kappa shape index (κ1) is 19.2. The lowest BCUT2D eigenvalue weighted by Gasteiger charge is -2.19. The Morgan fingerprint density at radius 3 is 1.87 bits per heavy atom. The molecule has 0 spiro atoms. The molecule has 1 rings (SSSR count). The Labute approximate surface area is 126 Å². The van der Waals surface area contributed by atoms with Crippen LogP contribution >= 0.6 is 0 Å². The fourth-order valence-corrected chi connectivity index (χ4v) is 1.71. The van der Waals surface area contributed by atoms with E-state index in [1.165, 1.54) is 6.92 Å². The van der Waals surface area contributed by atoms with Crippen molar-refractivity contribution < 1.29 is 40.3 Å². The van der Waals surface area contributed by atoms with Crippen molar-refractivity contribution >= 4 is 5.97 Å². The van der Waals surface area contributed by atoms with Crippen LogP contribution in [0, 0.1) is 0 Å². The molecule has 0 aliphatic carbocycles. The van der Waals surface area contributed by atoms with Crippen LogP contribution in [0.1, 0.15) is 29.7 Å². The van der Waals surface area contributed by atoms with Gasteiger partial charge in [-0.05, 0) is 30.7 Å². The SMILES string of the molecule is CCOC(=O)C(F)[C@@H](N)c1cc(C(F)(F)F)cc(C(F)(F)F)c1. The Balaban J connectivity index is 3.32. The van der Waals surface area contributed by atoms with Crippen molar-refractivity contribution in [3.63, 3.8) is 0 Å². The van der Waals surface area contributed by atoms with Crippen molar-refractivity contribution in [3.8, 4) is 0 Å². The van der Waals surface area contributed by atoms with Gasteiger partial charge in [0.1, 0.15) is 0 Å². The van der Waals surface area contributed by atoms with E-state index in [4.69, 9.17) is 5.73 Å². The van der Waals surface area contributed by atoms with Crippen LogP contribution in [-0.2, 0) is 21.9 Å². The van der Waals surface area contributed by atoms with Gasteiger partial charge in [-0.25, -0.2) is 9.18 Å². The van der Waals surface area contributed by atoms with Gasteiger partial charge in [0.25, 0.3) is 0 Å². The number of carbonyl (C=O) groups excluding carboxylic acids is 1. The van der Waals surface area contributed by atoms with E-state index in [-0.39, 0.29) is 24.8 Å². The molecule has 1 unspecified atom stereocenters. The van der Waals surface area contributed by atoms with Gasteiger partial charge in [-0.1, -0.05) is 0 Å². The number of rotatable bonds is 4. The molecule has 0 aliphatic heterocycles. The van der Waals surface area contributed by atoms with E-state index in [1.54, 1.807) is 0 Å². The van der Waals surface area contributed by atoms with Crippen molar-refractivity contribution in [1.82, 2.24) is 0 Å². The average Bonchev–Trinajstić information content (AvgIpc) is 2.43. The molecule has 0 aromatic heterocycles. The third-order valence-electron chi connectivity index (χ3n) is 2.82. The van der Waals surface area contributed by atoms with Gasteiger partial charge < -0.3 is 10.5 Å². The maximum atomic E-state index is 13.8. The summed E-state index contributed by atoms with van der Waals surface area (Å²) in [4.78, 5) is 11.2. The van der Waals surface area contributed by atoms with Crippen LogP contribution in [0.15, 0.2) is 18.2 Å². The molecule has 130 valence electrons. The summed E-state index contributed by atoms with van der Waals surface area (Å²) in [5.41, 5.74) is 1.18. The second-order valence-electron chi connectivity index (χ2n) is 4.52. The number of hydrogen-bond acceptors (Lipinski definition) is 3. The standard InChI is InChI=1S/C13H12F7NO2/c1-2-23-11(22)9(14)10(21)6-3-7(12(15,16)17)5-8(4-6)13(18,19)20/h3-5,9-10H,2,21H2,1H3/t9?,10-/m0/s1. The summed E-state index contributed by atoms with van der Waals surface area (Å²) in [7, 11) is 0. The molecule has 0 fully saturated rings. The second kappa shape index (κ2) is 6.73. The molecular formula is C13H12F7NO2. The largest absolute Gasteiger partial charge is 0.464 e. The van der Waals surface area contributed by atoms with Gasteiger partial charge in [0, 0.05) is 0 Å². The zero-order valence-corrected chi connectivity index (χ0v) is 11.6. The molecule has 3 nitrogen and oxygen atoms in total. The van der Waals surface area contributed by atoms with E-state index in [1.807, 2.05) is 0 Å². The Morgan fingerprint density at radius 1 is 1.09 bits per heavy atom. The van der Waals surface area contributed by atoms with Crippen LogP contribution in [0.4, 0.5) is 30.7 Å². The van der Waals surface area contributed by atoms with E-state index in [0.29, 0.717) is 0 Å². The lowest BCUT2D eigenvalue weighted by Crippen LogP contribution is -2.32. The average molecular weight is 347 g/mol. The summed E-state index contributed by atoms with van der Waals surface area (Å²) in [6.45, 7) is 1.13. The molecule has 0 aliphatic rings. The molecule has 0 radical (unpaired) electrons. The summed E-state index contributed by atoms with van der Waals surface area (Å²) in [5, 5.41) is 0. The predicted octanol–water partition coefficient (Wildman–Crippen LogP) is 3.63. The number of benzene rings is 1. The first-order chi connectivity index (χ1) is 10.4. The van der Waals surface area contributed by atoms with E-state index in [0.717, 1.165) is 0 Å². The lowest BCUT2D eigenvalue weighted by atomic mass is 9.97. The molecule has 0 saturated heterocycles. The van der Waals surface area contributed by atoms with E-state index in [9.17, 15) is 35.5 Å². The van der Waals surface area contributed by atoms with Gasteiger partial charge >= 0.3 is 18.3 Å². The molecular weight excluding hydrogens is 335 g/mol. The van der Waals surface area contributed by atoms with Gasteiger partial charge in [0.15, 0.2) is 0 Å². The van der Waals surface area contributed by atoms with E-state index < -0.39 is 47.2 Å². The molecule has 1 aromatic carbocycles. The van der Waals surface area contributed by atoms with Crippen molar-refractivity contribution in [2.24, 2.45) is 5.73 Å². The number of halogens is 7. The molecule has 0 amide bonds. The van der Waals surface area contributed by atoms with Crippen molar-refractivity contribution in [2.75, 3.05) is 6.61 Å². The first-order valence-corrected chi connectivity index (χ1v) is 6.23. The Kier molecular flexibility index (Phi) is 5.62. The number of ether oxygens (including phenoxy) is 1. The third-order valence-corrected chi connectivity index (χ3v) is 2.82. The van der Waals surface area contributed by atoms with Gasteiger partial charge in [-0.2, -0.15) is 26.3 Å². The highest BCUT2D eigenvalue weighted by Gasteiger charge is 2.38. The quantitative estimate of drug-likeness (QED) is 0.669. The van der Waals surface area contributed by atoms with Crippen LogP contribution in [0.5, 0.6) is 0 Å². The second-order valence-corrected chi connectivity index (χ2v) is 4.52. The van der Waals surface area contributed by atoms with Gasteiger partial charge in [-0.3, -0.25) is 0 Å². The summed E-state index contributed by atoms with van der Waals surface area (Å²) in [6.07, 6.45) is -12.8. The molecule has 23 heavy (non-hydrogen) atoms. The molecule has 2 N–H and O–H groups in total. The van der Waals surface area contributed by atoms with Crippen LogP contribution in [0.3, 0.4) is 0 Å². The summed E-state index contributed by atoms with van der Waals surface area (Å²) in [5.74, 6) is -1.47. The molecule has 0 bridgehead atoms. The molecule has 2 atom stereocenters. The minimum absolute atomic E-state index is 0.117. The highest BCUT2D eigenvalue weighted by atomic mass is 19.4. The third kappa shape index (κ3) is 4.81. The zero-order valence-electron chi connectivity index (χ0n) is 11.6. The Morgan fingerprint density at radius 2 is 1.52 bits per heavy atom. The number of nitrogens with two attached hydrogens (primary N) is 1. The van der Waals surface area contributed by atoms with Gasteiger partial charge in [0.2, 0.25) is 6.17 Å². The van der Waals surface area contributed by atoms with Gasteiger partial charge in [0.05, 0.1) is 23.8 Å². The number of carbonyl (C=O) groups is 1. The summed E-state index contributed by atoms with van der Waals surface area (Å²) >= 11 is 0. The van der Waals surface area contributed by atoms with E-state index in [2.05, 4.69) is 4.74 Å². The topological polar surface area (TPSA) is 52.3 Å². The van der Waals surface area contributed by atoms with Crippen molar-refractivity contribution in [1.29, 1.82) is 0 Å². The van der Waals surface area contributed by atoms with Crippen LogP contribution in [0.2, 0.25) is 0 Å². The fourth-order valence-electron chi connectivity index (χ4n) is 1.71. The molecule has 0 saturated carbocycles. The molecule has 10 heteroatoms. The van der Waals surface area contributed by atoms with Crippen LogP contribution in [0.25, 0.3) is 0 Å². The highest BCUT2D eigenvalue weighted by molar-refractivity contribution is 5.75. The maximum Gasteiger partial charge on any atom is 0.416 e. The lowest BCUT2D eigenvalue weighted by molar-refractivity contribution is -0.149. The number of alkyl halides is 7. The zero-order chi connectivity index (χ0) is 18.0.